The van der Waals surface area contributed by atoms with Crippen molar-refractivity contribution in [2.24, 2.45) is 11.3 Å². The van der Waals surface area contributed by atoms with E-state index >= 15 is 0 Å². The van der Waals surface area contributed by atoms with Gasteiger partial charge in [-0.2, -0.15) is 13.2 Å². The highest BCUT2D eigenvalue weighted by Crippen LogP contribution is 2.50. The first-order valence-corrected chi connectivity index (χ1v) is 10.0. The van der Waals surface area contributed by atoms with E-state index in [1.54, 1.807) is 6.07 Å². The lowest BCUT2D eigenvalue weighted by Crippen LogP contribution is -2.33. The summed E-state index contributed by atoms with van der Waals surface area (Å²) in [6.07, 6.45) is -1.25. The highest BCUT2D eigenvalue weighted by molar-refractivity contribution is 6.05. The second kappa shape index (κ2) is 7.33. The second-order valence-corrected chi connectivity index (χ2v) is 8.42. The third-order valence-corrected chi connectivity index (χ3v) is 6.57. The molecule has 2 nitrogen and oxygen atoms in total. The van der Waals surface area contributed by atoms with Crippen LogP contribution in [0.2, 0.25) is 0 Å². The van der Waals surface area contributed by atoms with E-state index in [-0.39, 0.29) is 18.1 Å². The summed E-state index contributed by atoms with van der Waals surface area (Å²) >= 11 is 0. The van der Waals surface area contributed by atoms with E-state index in [4.69, 9.17) is 6.57 Å². The number of ketones is 1. The molecular formula is C24H22F3NO. The molecule has 0 unspecified atom stereocenters. The fourth-order valence-electron chi connectivity index (χ4n) is 4.90. The maximum atomic E-state index is 13.3. The Bertz CT molecular complexity index is 978. The minimum Gasteiger partial charge on any atom is -0.294 e. The molecule has 1 spiro atoms. The van der Waals surface area contributed by atoms with Crippen molar-refractivity contribution in [3.63, 3.8) is 0 Å². The molecule has 2 aromatic rings. The molecule has 0 radical (unpaired) electrons. The number of fused-ring (bicyclic) bond motifs is 1. The minimum atomic E-state index is -4.10. The molecule has 150 valence electrons. The molecule has 2 aliphatic carbocycles. The van der Waals surface area contributed by atoms with E-state index in [2.05, 4.69) is 4.85 Å². The maximum Gasteiger partial charge on any atom is 0.389 e. The highest BCUT2D eigenvalue weighted by atomic mass is 19.4. The van der Waals surface area contributed by atoms with E-state index in [1.165, 1.54) is 0 Å². The number of alkyl halides is 3. The summed E-state index contributed by atoms with van der Waals surface area (Å²) < 4.78 is 37.5. The Balaban J connectivity index is 1.50. The fourth-order valence-corrected chi connectivity index (χ4v) is 4.90. The molecule has 0 bridgehead atoms. The molecule has 2 aliphatic rings. The number of rotatable bonds is 3. The maximum absolute atomic E-state index is 13.3. The van der Waals surface area contributed by atoms with Crippen molar-refractivity contribution in [2.45, 2.75) is 51.1 Å². The van der Waals surface area contributed by atoms with Gasteiger partial charge >= 0.3 is 6.18 Å². The van der Waals surface area contributed by atoms with E-state index in [0.29, 0.717) is 37.8 Å². The van der Waals surface area contributed by atoms with Crippen molar-refractivity contribution >= 4 is 11.5 Å². The molecule has 5 heteroatoms. The summed E-state index contributed by atoms with van der Waals surface area (Å²) in [5.41, 5.74) is 3.72. The van der Waals surface area contributed by atoms with Crippen molar-refractivity contribution in [2.75, 3.05) is 0 Å². The molecule has 0 saturated heterocycles. The first-order chi connectivity index (χ1) is 13.8. The van der Waals surface area contributed by atoms with Crippen LogP contribution in [0.25, 0.3) is 16.0 Å². The Morgan fingerprint density at radius 3 is 2.48 bits per heavy atom. The molecule has 2 aromatic carbocycles. The van der Waals surface area contributed by atoms with Crippen LogP contribution in [0.3, 0.4) is 0 Å². The molecule has 0 atom stereocenters. The quantitative estimate of drug-likeness (QED) is 0.503. The molecule has 1 saturated carbocycles. The average Bonchev–Trinajstić information content (AvgIpc) is 2.98. The van der Waals surface area contributed by atoms with Gasteiger partial charge in [0.05, 0.1) is 6.57 Å². The standard InChI is InChI=1S/C24H22F3NO/c1-28-20-4-2-3-17(13-20)18-5-6-19-15-23(22(29)21(19)14-18)10-7-16(8-11-23)9-12-24(25,26)27/h2-6,13-14,16H,7-12,15H2. The third-order valence-electron chi connectivity index (χ3n) is 6.57. The van der Waals surface area contributed by atoms with E-state index < -0.39 is 18.0 Å². The zero-order valence-electron chi connectivity index (χ0n) is 16.1. The Morgan fingerprint density at radius 2 is 1.79 bits per heavy atom. The summed E-state index contributed by atoms with van der Waals surface area (Å²) in [6.45, 7) is 7.18. The summed E-state index contributed by atoms with van der Waals surface area (Å²) in [7, 11) is 0. The lowest BCUT2D eigenvalue weighted by Gasteiger charge is -2.36. The van der Waals surface area contributed by atoms with Crippen LogP contribution in [0.1, 0.15) is 54.4 Å². The molecule has 29 heavy (non-hydrogen) atoms. The Hall–Kier alpha value is -2.61. The van der Waals surface area contributed by atoms with Crippen LogP contribution in [0, 0.1) is 17.9 Å². The summed E-state index contributed by atoms with van der Waals surface area (Å²) in [5, 5.41) is 0. The topological polar surface area (TPSA) is 21.4 Å². The van der Waals surface area contributed by atoms with Crippen LogP contribution in [0.15, 0.2) is 42.5 Å². The summed E-state index contributed by atoms with van der Waals surface area (Å²) in [4.78, 5) is 16.7. The van der Waals surface area contributed by atoms with Crippen LogP contribution in [0.4, 0.5) is 18.9 Å². The van der Waals surface area contributed by atoms with Gasteiger partial charge in [0.15, 0.2) is 11.5 Å². The zero-order valence-corrected chi connectivity index (χ0v) is 16.1. The number of Topliss-reactive ketones (excluding diaryl/α,β-unsaturated/α-hetero) is 1. The molecule has 0 aliphatic heterocycles. The molecule has 1 fully saturated rings. The minimum absolute atomic E-state index is 0.0608. The van der Waals surface area contributed by atoms with Crippen LogP contribution < -0.4 is 0 Å². The van der Waals surface area contributed by atoms with E-state index in [0.717, 1.165) is 22.3 Å². The van der Waals surface area contributed by atoms with Gasteiger partial charge in [0.25, 0.3) is 0 Å². The van der Waals surface area contributed by atoms with Crippen LogP contribution in [-0.2, 0) is 6.42 Å². The normalized spacial score (nSPS) is 23.8. The summed E-state index contributed by atoms with van der Waals surface area (Å²) in [5.74, 6) is 0.204. The number of hydrogen-bond acceptors (Lipinski definition) is 1. The van der Waals surface area contributed by atoms with E-state index in [9.17, 15) is 18.0 Å². The monoisotopic (exact) mass is 397 g/mol. The van der Waals surface area contributed by atoms with Gasteiger partial charge in [-0.1, -0.05) is 30.3 Å². The smallest absolute Gasteiger partial charge is 0.294 e. The predicted octanol–water partition coefficient (Wildman–Crippen LogP) is 7.16. The first-order valence-electron chi connectivity index (χ1n) is 10.0. The lowest BCUT2D eigenvalue weighted by molar-refractivity contribution is -0.138. The largest absolute Gasteiger partial charge is 0.389 e. The molecule has 4 rings (SSSR count). The van der Waals surface area contributed by atoms with Gasteiger partial charge in [-0.25, -0.2) is 4.85 Å². The third kappa shape index (κ3) is 3.94. The molecule has 0 heterocycles. The number of carbonyl (C=O) groups excluding carboxylic acids is 1. The SMILES string of the molecule is [C-]#[N+]c1cccc(-c2ccc3c(c2)C(=O)C2(CCC(CCC(F)(F)F)CC2)C3)c1. The number of carbonyl (C=O) groups is 1. The van der Waals surface area contributed by atoms with Gasteiger partial charge in [-0.3, -0.25) is 4.79 Å². The van der Waals surface area contributed by atoms with Crippen molar-refractivity contribution in [1.82, 2.24) is 0 Å². The van der Waals surface area contributed by atoms with Gasteiger partial charge in [0.2, 0.25) is 0 Å². The number of nitrogens with zero attached hydrogens (tertiary/aromatic N) is 1. The van der Waals surface area contributed by atoms with Crippen LogP contribution in [0.5, 0.6) is 0 Å². The Labute approximate surface area is 168 Å². The van der Waals surface area contributed by atoms with Gasteiger partial charge in [0, 0.05) is 17.4 Å². The number of hydrogen-bond donors (Lipinski definition) is 0. The Morgan fingerprint density at radius 1 is 1.07 bits per heavy atom. The number of halogens is 3. The van der Waals surface area contributed by atoms with E-state index in [1.807, 2.05) is 36.4 Å². The van der Waals surface area contributed by atoms with Crippen molar-refractivity contribution in [1.29, 1.82) is 0 Å². The average molecular weight is 397 g/mol. The van der Waals surface area contributed by atoms with Gasteiger partial charge < -0.3 is 0 Å². The molecular weight excluding hydrogens is 375 g/mol. The van der Waals surface area contributed by atoms with Crippen molar-refractivity contribution < 1.29 is 18.0 Å². The van der Waals surface area contributed by atoms with Crippen LogP contribution in [-0.4, -0.2) is 12.0 Å². The van der Waals surface area contributed by atoms with Crippen molar-refractivity contribution in [3.05, 3.63) is 65.0 Å². The second-order valence-electron chi connectivity index (χ2n) is 8.42. The fraction of sp³-hybridized carbons (Fsp3) is 0.417. The van der Waals surface area contributed by atoms with Gasteiger partial charge in [0.1, 0.15) is 0 Å². The Kier molecular flexibility index (Phi) is 4.98. The molecule has 0 amide bonds. The number of benzene rings is 2. The first kappa shape index (κ1) is 19.7. The summed E-state index contributed by atoms with van der Waals surface area (Å²) in [6, 6.07) is 13.2. The lowest BCUT2D eigenvalue weighted by atomic mass is 9.67. The zero-order chi connectivity index (χ0) is 20.6. The highest BCUT2D eigenvalue weighted by Gasteiger charge is 2.47. The predicted molar refractivity (Wildman–Crippen MR) is 106 cm³/mol. The molecule has 0 N–H and O–H groups in total. The van der Waals surface area contributed by atoms with Gasteiger partial charge in [-0.15, -0.1) is 0 Å². The van der Waals surface area contributed by atoms with Crippen LogP contribution >= 0.6 is 0 Å². The van der Waals surface area contributed by atoms with Gasteiger partial charge in [-0.05, 0) is 73.3 Å². The molecule has 0 aromatic heterocycles. The van der Waals surface area contributed by atoms with Crippen molar-refractivity contribution in [3.8, 4) is 11.1 Å².